The molecule has 0 aromatic heterocycles. The molecule has 0 unspecified atom stereocenters. The van der Waals surface area contributed by atoms with Crippen LogP contribution in [0.4, 0.5) is 0 Å². The van der Waals surface area contributed by atoms with Gasteiger partial charge in [-0.2, -0.15) is 0 Å². The molecule has 3 N–H and O–H groups in total. The van der Waals surface area contributed by atoms with Gasteiger partial charge in [0.05, 0.1) is 0 Å². The van der Waals surface area contributed by atoms with Crippen LogP contribution in [-0.2, 0) is 23.9 Å². The molecule has 1 aliphatic heterocycles. The Labute approximate surface area is 101 Å². The van der Waals surface area contributed by atoms with Gasteiger partial charge in [0.2, 0.25) is 5.76 Å². The number of ether oxygens (including phenoxy) is 2. The maximum Gasteiger partial charge on any atom is 0.377 e. The summed E-state index contributed by atoms with van der Waals surface area (Å²) >= 11 is 0. The second kappa shape index (κ2) is 5.50. The predicted octanol–water partition coefficient (Wildman–Crippen LogP) is -0.877. The van der Waals surface area contributed by atoms with Crippen LogP contribution in [-0.4, -0.2) is 51.9 Å². The third-order valence-corrected chi connectivity index (χ3v) is 2.10. The van der Waals surface area contributed by atoms with E-state index in [1.165, 1.54) is 6.92 Å². The predicted molar refractivity (Wildman–Crippen MR) is 54.4 cm³/mol. The maximum atomic E-state index is 11.0. The lowest BCUT2D eigenvalue weighted by atomic mass is 10.2. The van der Waals surface area contributed by atoms with Crippen LogP contribution in [0.25, 0.3) is 0 Å². The highest BCUT2D eigenvalue weighted by atomic mass is 16.6. The average molecular weight is 260 g/mol. The van der Waals surface area contributed by atoms with Gasteiger partial charge in [-0.25, -0.2) is 4.79 Å². The fourth-order valence-electron chi connectivity index (χ4n) is 1.25. The summed E-state index contributed by atoms with van der Waals surface area (Å²) in [4.78, 5) is 32.4. The quantitative estimate of drug-likeness (QED) is 0.429. The highest BCUT2D eigenvalue weighted by Crippen LogP contribution is 2.21. The Hall–Kier alpha value is -2.09. The number of cyclic esters (lactones) is 1. The first kappa shape index (κ1) is 14.0. The van der Waals surface area contributed by atoms with Gasteiger partial charge in [-0.15, -0.1) is 0 Å². The van der Waals surface area contributed by atoms with E-state index in [1.54, 1.807) is 0 Å². The molecule has 0 saturated carbocycles. The van der Waals surface area contributed by atoms with Crippen molar-refractivity contribution in [3.63, 3.8) is 0 Å². The Morgan fingerprint density at radius 3 is 2.50 bits per heavy atom. The summed E-state index contributed by atoms with van der Waals surface area (Å²) in [7, 11) is 0. The molecule has 1 heterocycles. The van der Waals surface area contributed by atoms with Crippen molar-refractivity contribution < 1.29 is 39.2 Å². The standard InChI is InChI=1S/C10H12O8/c1-4(11)2-6(13)17-3-5(12)9-7(14)8(15)10(16)18-9/h5,9,12,14-15H,2-3H2,1H3/t5-,9-/m1/s1. The van der Waals surface area contributed by atoms with Gasteiger partial charge < -0.3 is 24.8 Å². The molecule has 1 rings (SSSR count). The van der Waals surface area contributed by atoms with Crippen LogP contribution in [0.5, 0.6) is 0 Å². The van der Waals surface area contributed by atoms with Crippen molar-refractivity contribution in [2.24, 2.45) is 0 Å². The van der Waals surface area contributed by atoms with E-state index in [1.807, 2.05) is 0 Å². The fraction of sp³-hybridized carbons (Fsp3) is 0.500. The summed E-state index contributed by atoms with van der Waals surface area (Å²) in [5, 5.41) is 27.7. The molecule has 0 radical (unpaired) electrons. The van der Waals surface area contributed by atoms with Gasteiger partial charge in [0.15, 0.2) is 11.9 Å². The molecule has 0 spiro atoms. The number of rotatable bonds is 5. The highest BCUT2D eigenvalue weighted by molar-refractivity contribution is 5.94. The highest BCUT2D eigenvalue weighted by Gasteiger charge is 2.39. The lowest BCUT2D eigenvalue weighted by Gasteiger charge is -2.16. The first-order chi connectivity index (χ1) is 8.32. The average Bonchev–Trinajstić information content (AvgIpc) is 2.53. The van der Waals surface area contributed by atoms with Crippen molar-refractivity contribution in [1.82, 2.24) is 0 Å². The van der Waals surface area contributed by atoms with Crippen LogP contribution in [0, 0.1) is 0 Å². The SMILES string of the molecule is CC(=O)CC(=O)OC[C@@H](O)[C@H]1OC(=O)C(O)=C1O. The van der Waals surface area contributed by atoms with E-state index < -0.39 is 54.5 Å². The van der Waals surface area contributed by atoms with Gasteiger partial charge in [-0.3, -0.25) is 9.59 Å². The van der Waals surface area contributed by atoms with Crippen LogP contribution >= 0.6 is 0 Å². The number of aliphatic hydroxyl groups excluding tert-OH is 3. The number of ketones is 1. The van der Waals surface area contributed by atoms with Crippen LogP contribution in [0.15, 0.2) is 11.5 Å². The Bertz CT molecular complexity index is 410. The summed E-state index contributed by atoms with van der Waals surface area (Å²) in [6.45, 7) is 0.616. The molecule has 2 atom stereocenters. The smallest absolute Gasteiger partial charge is 0.377 e. The van der Waals surface area contributed by atoms with E-state index in [9.17, 15) is 24.6 Å². The molecule has 0 aromatic rings. The minimum atomic E-state index is -1.53. The van der Waals surface area contributed by atoms with Crippen LogP contribution in [0.1, 0.15) is 13.3 Å². The third-order valence-electron chi connectivity index (χ3n) is 2.10. The molecule has 0 saturated heterocycles. The van der Waals surface area contributed by atoms with Crippen molar-refractivity contribution in [3.8, 4) is 0 Å². The van der Waals surface area contributed by atoms with Gasteiger partial charge in [0.25, 0.3) is 0 Å². The number of carbonyl (C=O) groups is 3. The molecule has 8 heteroatoms. The fourth-order valence-corrected chi connectivity index (χ4v) is 1.25. The van der Waals surface area contributed by atoms with Gasteiger partial charge in [0, 0.05) is 0 Å². The van der Waals surface area contributed by atoms with E-state index in [2.05, 4.69) is 9.47 Å². The topological polar surface area (TPSA) is 130 Å². The molecular weight excluding hydrogens is 248 g/mol. The van der Waals surface area contributed by atoms with Crippen molar-refractivity contribution in [1.29, 1.82) is 0 Å². The molecular formula is C10H12O8. The second-order valence-electron chi connectivity index (χ2n) is 3.69. The van der Waals surface area contributed by atoms with Gasteiger partial charge in [-0.05, 0) is 6.92 Å². The Balaban J connectivity index is 2.48. The van der Waals surface area contributed by atoms with Crippen molar-refractivity contribution in [2.45, 2.75) is 25.6 Å². The van der Waals surface area contributed by atoms with E-state index in [4.69, 9.17) is 5.11 Å². The number of carbonyl (C=O) groups excluding carboxylic acids is 3. The minimum absolute atomic E-state index is 0.401. The van der Waals surface area contributed by atoms with E-state index in [0.717, 1.165) is 0 Å². The zero-order valence-corrected chi connectivity index (χ0v) is 9.45. The summed E-state index contributed by atoms with van der Waals surface area (Å²) in [6, 6.07) is 0. The number of esters is 2. The van der Waals surface area contributed by atoms with Crippen molar-refractivity contribution in [2.75, 3.05) is 6.61 Å². The second-order valence-corrected chi connectivity index (χ2v) is 3.69. The molecule has 18 heavy (non-hydrogen) atoms. The third kappa shape index (κ3) is 3.20. The Kier molecular flexibility index (Phi) is 4.27. The Morgan fingerprint density at radius 2 is 2.06 bits per heavy atom. The summed E-state index contributed by atoms with van der Waals surface area (Å²) in [6.07, 6.45) is -3.46. The monoisotopic (exact) mass is 260 g/mol. The van der Waals surface area contributed by atoms with Gasteiger partial charge in [0.1, 0.15) is 24.9 Å². The molecule has 0 fully saturated rings. The van der Waals surface area contributed by atoms with E-state index in [0.29, 0.717) is 0 Å². The van der Waals surface area contributed by atoms with E-state index >= 15 is 0 Å². The number of Topliss-reactive ketones (excluding diaryl/α,β-unsaturated/α-hetero) is 1. The Morgan fingerprint density at radius 1 is 1.44 bits per heavy atom. The lowest BCUT2D eigenvalue weighted by molar-refractivity contribution is -0.155. The summed E-state index contributed by atoms with van der Waals surface area (Å²) < 4.78 is 8.97. The zero-order chi connectivity index (χ0) is 13.9. The van der Waals surface area contributed by atoms with Crippen LogP contribution in [0.2, 0.25) is 0 Å². The minimum Gasteiger partial charge on any atom is -0.505 e. The van der Waals surface area contributed by atoms with E-state index in [-0.39, 0.29) is 0 Å². The summed E-state index contributed by atoms with van der Waals surface area (Å²) in [5.41, 5.74) is 0. The molecule has 0 bridgehead atoms. The van der Waals surface area contributed by atoms with Crippen molar-refractivity contribution >= 4 is 17.7 Å². The molecule has 0 aromatic carbocycles. The first-order valence-corrected chi connectivity index (χ1v) is 4.99. The maximum absolute atomic E-state index is 11.0. The molecule has 0 amide bonds. The first-order valence-electron chi connectivity index (χ1n) is 4.99. The van der Waals surface area contributed by atoms with Crippen molar-refractivity contribution in [3.05, 3.63) is 11.5 Å². The normalized spacial score (nSPS) is 20.6. The molecule has 0 aliphatic carbocycles. The molecule has 8 nitrogen and oxygen atoms in total. The molecule has 100 valence electrons. The zero-order valence-electron chi connectivity index (χ0n) is 9.45. The largest absolute Gasteiger partial charge is 0.505 e. The van der Waals surface area contributed by atoms with Crippen LogP contribution < -0.4 is 0 Å². The number of hydrogen-bond donors (Lipinski definition) is 3. The number of aliphatic hydroxyl groups is 3. The van der Waals surface area contributed by atoms with Gasteiger partial charge in [-0.1, -0.05) is 0 Å². The summed E-state index contributed by atoms with van der Waals surface area (Å²) in [5.74, 6) is -4.24. The van der Waals surface area contributed by atoms with Crippen LogP contribution in [0.3, 0.4) is 0 Å². The number of hydrogen-bond acceptors (Lipinski definition) is 8. The molecule has 1 aliphatic rings. The van der Waals surface area contributed by atoms with Gasteiger partial charge >= 0.3 is 11.9 Å². The lowest BCUT2D eigenvalue weighted by Crippen LogP contribution is -2.33.